The van der Waals surface area contributed by atoms with Gasteiger partial charge in [0.25, 0.3) is 0 Å². The molecule has 0 saturated heterocycles. The van der Waals surface area contributed by atoms with E-state index < -0.39 is 6.67 Å². The lowest BCUT2D eigenvalue weighted by Crippen LogP contribution is -2.18. The van der Waals surface area contributed by atoms with Crippen molar-refractivity contribution in [2.75, 3.05) is 20.4 Å². The van der Waals surface area contributed by atoms with Crippen molar-refractivity contribution in [2.45, 2.75) is 52.9 Å². The van der Waals surface area contributed by atoms with Gasteiger partial charge in [-0.1, -0.05) is 32.9 Å². The fourth-order valence-electron chi connectivity index (χ4n) is 4.09. The molecule has 2 aromatic heterocycles. The summed E-state index contributed by atoms with van der Waals surface area (Å²) in [5.41, 5.74) is 8.59. The second-order valence-electron chi connectivity index (χ2n) is 8.08. The zero-order valence-electron chi connectivity index (χ0n) is 17.8. The van der Waals surface area contributed by atoms with E-state index in [1.165, 1.54) is 0 Å². The monoisotopic (exact) mass is 382 g/mol. The number of nitrogens with zero attached hydrogens (tertiary/aromatic N) is 2. The lowest BCUT2D eigenvalue weighted by Gasteiger charge is -2.21. The molecule has 0 bridgehead atoms. The Balaban J connectivity index is 2.08. The minimum Gasteiger partial charge on any atom is -0.384 e. The van der Waals surface area contributed by atoms with E-state index in [1.54, 1.807) is 7.11 Å². The maximum absolute atomic E-state index is 13.6. The van der Waals surface area contributed by atoms with Crippen molar-refractivity contribution in [3.05, 3.63) is 52.5 Å². The number of fused-ring (bicyclic) bond motifs is 1. The van der Waals surface area contributed by atoms with Gasteiger partial charge < -0.3 is 4.74 Å². The molecule has 1 aliphatic carbocycles. The Hall–Kier alpha value is -2.07. The fourth-order valence-corrected chi connectivity index (χ4v) is 4.09. The molecule has 28 heavy (non-hydrogen) atoms. The van der Waals surface area contributed by atoms with Gasteiger partial charge in [-0.3, -0.25) is 9.37 Å². The third kappa shape index (κ3) is 3.75. The van der Waals surface area contributed by atoms with Crippen LogP contribution in [0.15, 0.2) is 24.3 Å². The first kappa shape index (κ1) is 20.7. The Bertz CT molecular complexity index is 888. The molecule has 3 rings (SSSR count). The van der Waals surface area contributed by atoms with Crippen LogP contribution in [0.5, 0.6) is 0 Å². The van der Waals surface area contributed by atoms with E-state index in [4.69, 9.17) is 14.7 Å². The summed E-state index contributed by atoms with van der Waals surface area (Å²) in [6, 6.07) is 6.45. The maximum atomic E-state index is 13.6. The third-order valence-electron chi connectivity index (χ3n) is 5.67. The van der Waals surface area contributed by atoms with Crippen LogP contribution in [0.1, 0.15) is 67.7 Å². The molecule has 150 valence electrons. The van der Waals surface area contributed by atoms with E-state index >= 15 is 0 Å². The molecule has 0 amide bonds. The van der Waals surface area contributed by atoms with Crippen LogP contribution in [0, 0.1) is 12.8 Å². The number of methoxy groups -OCH3 is 1. The standard InChI is InChI=1S/C24H31FN2O/c1-7-21-18(8-9-22(26-21)14(2)3)23-16(5)11-20-19(17(12-25)13-28-6)10-15(4)24(20)27-23/h8-11,14,17,19H,7,12-13H2,1-6H3/t17-,19?/m0/s1. The van der Waals surface area contributed by atoms with Crippen LogP contribution < -0.4 is 0 Å². The van der Waals surface area contributed by atoms with Crippen molar-refractivity contribution in [1.29, 1.82) is 0 Å². The van der Waals surface area contributed by atoms with Gasteiger partial charge in [0.15, 0.2) is 0 Å². The second kappa shape index (κ2) is 8.52. The van der Waals surface area contributed by atoms with Gasteiger partial charge in [-0.25, -0.2) is 4.98 Å². The molecule has 3 nitrogen and oxygen atoms in total. The summed E-state index contributed by atoms with van der Waals surface area (Å²) >= 11 is 0. The van der Waals surface area contributed by atoms with E-state index in [1.807, 2.05) is 0 Å². The van der Waals surface area contributed by atoms with Gasteiger partial charge in [0.05, 0.1) is 24.7 Å². The summed E-state index contributed by atoms with van der Waals surface area (Å²) in [6.45, 7) is 10.6. The first-order valence-electron chi connectivity index (χ1n) is 10.2. The number of pyridine rings is 2. The number of hydrogen-bond acceptors (Lipinski definition) is 3. The molecule has 2 atom stereocenters. The molecule has 0 aliphatic heterocycles. The lowest BCUT2D eigenvalue weighted by atomic mass is 9.88. The van der Waals surface area contributed by atoms with Gasteiger partial charge in [0, 0.05) is 35.9 Å². The van der Waals surface area contributed by atoms with Gasteiger partial charge in [0.1, 0.15) is 0 Å². The lowest BCUT2D eigenvalue weighted by molar-refractivity contribution is 0.129. The van der Waals surface area contributed by atoms with Crippen molar-refractivity contribution in [3.63, 3.8) is 0 Å². The fraction of sp³-hybridized carbons (Fsp3) is 0.500. The minimum atomic E-state index is -0.400. The van der Waals surface area contributed by atoms with Gasteiger partial charge in [0.2, 0.25) is 0 Å². The molecule has 1 unspecified atom stereocenters. The number of allylic oxidation sites excluding steroid dienone is 2. The molecular formula is C24H31FN2O. The van der Waals surface area contributed by atoms with Crippen molar-refractivity contribution in [3.8, 4) is 11.3 Å². The summed E-state index contributed by atoms with van der Waals surface area (Å²) in [5, 5.41) is 0. The molecule has 0 aromatic carbocycles. The minimum absolute atomic E-state index is 0.0206. The number of rotatable bonds is 7. The van der Waals surface area contributed by atoms with Crippen LogP contribution in [0.2, 0.25) is 0 Å². The van der Waals surface area contributed by atoms with Crippen LogP contribution in [0.3, 0.4) is 0 Å². The van der Waals surface area contributed by atoms with Gasteiger partial charge in [-0.15, -0.1) is 0 Å². The molecule has 2 heterocycles. The Kier molecular flexibility index (Phi) is 6.29. The average molecular weight is 383 g/mol. The molecule has 2 aromatic rings. The van der Waals surface area contributed by atoms with Crippen molar-refractivity contribution in [2.24, 2.45) is 5.92 Å². The normalized spacial score (nSPS) is 17.0. The van der Waals surface area contributed by atoms with E-state index in [-0.39, 0.29) is 11.8 Å². The van der Waals surface area contributed by atoms with Gasteiger partial charge in [-0.05, 0) is 55.0 Å². The van der Waals surface area contributed by atoms with Crippen LogP contribution in [0.25, 0.3) is 16.8 Å². The molecule has 1 aliphatic rings. The van der Waals surface area contributed by atoms with Crippen molar-refractivity contribution < 1.29 is 9.13 Å². The van der Waals surface area contributed by atoms with E-state index in [2.05, 4.69) is 58.9 Å². The van der Waals surface area contributed by atoms with Crippen molar-refractivity contribution in [1.82, 2.24) is 9.97 Å². The Labute approximate surface area is 168 Å². The predicted octanol–water partition coefficient (Wildman–Crippen LogP) is 5.87. The quantitative estimate of drug-likeness (QED) is 0.601. The Morgan fingerprint density at radius 1 is 1.14 bits per heavy atom. The molecule has 0 fully saturated rings. The average Bonchev–Trinajstić information content (AvgIpc) is 3.00. The number of aromatic nitrogens is 2. The molecular weight excluding hydrogens is 351 g/mol. The first-order valence-corrected chi connectivity index (χ1v) is 10.2. The van der Waals surface area contributed by atoms with Gasteiger partial charge >= 0.3 is 0 Å². The summed E-state index contributed by atoms with van der Waals surface area (Å²) in [5.74, 6) is 0.247. The maximum Gasteiger partial charge on any atom is 0.0953 e. The summed E-state index contributed by atoms with van der Waals surface area (Å²) in [6.07, 6.45) is 3.01. The largest absolute Gasteiger partial charge is 0.384 e. The SMILES string of the molecule is CCc1nc(C(C)C)ccc1-c1nc2c(cc1C)C([C@@H](CF)COC)C=C2C. The number of aryl methyl sites for hydroxylation is 2. The second-order valence-corrected chi connectivity index (χ2v) is 8.08. The first-order chi connectivity index (χ1) is 13.4. The molecule has 4 heteroatoms. The summed E-state index contributed by atoms with van der Waals surface area (Å²) in [4.78, 5) is 9.92. The molecule has 0 spiro atoms. The number of halogens is 1. The highest BCUT2D eigenvalue weighted by molar-refractivity contribution is 5.75. The van der Waals surface area contributed by atoms with Crippen LogP contribution in [0.4, 0.5) is 4.39 Å². The molecule has 0 saturated carbocycles. The van der Waals surface area contributed by atoms with Crippen LogP contribution in [-0.4, -0.2) is 30.4 Å². The van der Waals surface area contributed by atoms with Gasteiger partial charge in [-0.2, -0.15) is 0 Å². The number of alkyl halides is 1. The van der Waals surface area contributed by atoms with Crippen LogP contribution in [-0.2, 0) is 11.2 Å². The molecule has 0 N–H and O–H groups in total. The van der Waals surface area contributed by atoms with E-state index in [0.29, 0.717) is 12.5 Å². The third-order valence-corrected chi connectivity index (χ3v) is 5.67. The van der Waals surface area contributed by atoms with E-state index in [0.717, 1.165) is 51.5 Å². The topological polar surface area (TPSA) is 35.0 Å². The summed E-state index contributed by atoms with van der Waals surface area (Å²) in [7, 11) is 1.63. The highest BCUT2D eigenvalue weighted by Gasteiger charge is 2.31. The highest BCUT2D eigenvalue weighted by atomic mass is 19.1. The molecule has 0 radical (unpaired) electrons. The van der Waals surface area contributed by atoms with Crippen molar-refractivity contribution >= 4 is 5.57 Å². The Morgan fingerprint density at radius 3 is 2.50 bits per heavy atom. The van der Waals surface area contributed by atoms with Crippen LogP contribution >= 0.6 is 0 Å². The number of hydrogen-bond donors (Lipinski definition) is 0. The highest BCUT2D eigenvalue weighted by Crippen LogP contribution is 2.42. The summed E-state index contributed by atoms with van der Waals surface area (Å²) < 4.78 is 18.9. The Morgan fingerprint density at radius 2 is 1.89 bits per heavy atom. The zero-order valence-corrected chi connectivity index (χ0v) is 17.8. The smallest absolute Gasteiger partial charge is 0.0953 e. The zero-order chi connectivity index (χ0) is 20.4. The predicted molar refractivity (Wildman–Crippen MR) is 113 cm³/mol. The number of ether oxygens (including phenoxy) is 1. The van der Waals surface area contributed by atoms with E-state index in [9.17, 15) is 4.39 Å².